The van der Waals surface area contributed by atoms with Gasteiger partial charge in [-0.2, -0.15) is 0 Å². The number of carboxylic acids is 2. The van der Waals surface area contributed by atoms with E-state index in [-0.39, 0.29) is 12.3 Å². The Morgan fingerprint density at radius 2 is 0.848 bits per heavy atom. The first kappa shape index (κ1) is 31.9. The summed E-state index contributed by atoms with van der Waals surface area (Å²) in [6, 6.07) is 0. The standard InChI is InChI=1S/C29H56O4/c1-3-5-7-9-11-13-15-17-19-21-23-26(25-28(30)31)27(29(32)33)24-22-20-18-16-14-12-10-8-6-4-2/h26-27H,3-25H2,1-2H3,(H,30,31)(H,32,33). The van der Waals surface area contributed by atoms with Crippen molar-refractivity contribution < 1.29 is 19.8 Å². The highest BCUT2D eigenvalue weighted by atomic mass is 16.4. The molecule has 0 aliphatic rings. The third kappa shape index (κ3) is 21.2. The van der Waals surface area contributed by atoms with Crippen LogP contribution < -0.4 is 0 Å². The first-order chi connectivity index (χ1) is 16.0. The number of hydrogen-bond acceptors (Lipinski definition) is 2. The van der Waals surface area contributed by atoms with E-state index in [0.29, 0.717) is 6.42 Å². The highest BCUT2D eigenvalue weighted by Crippen LogP contribution is 2.28. The summed E-state index contributed by atoms with van der Waals surface area (Å²) in [5, 5.41) is 19.1. The third-order valence-electron chi connectivity index (χ3n) is 7.12. The van der Waals surface area contributed by atoms with Crippen LogP contribution in [0.15, 0.2) is 0 Å². The van der Waals surface area contributed by atoms with Crippen LogP contribution in [0.2, 0.25) is 0 Å². The molecule has 0 aromatic rings. The Labute approximate surface area is 205 Å². The maximum Gasteiger partial charge on any atom is 0.306 e. The van der Waals surface area contributed by atoms with Crippen molar-refractivity contribution in [2.75, 3.05) is 0 Å². The molecule has 0 amide bonds. The number of rotatable bonds is 26. The van der Waals surface area contributed by atoms with Gasteiger partial charge in [-0.25, -0.2) is 0 Å². The van der Waals surface area contributed by atoms with Crippen LogP contribution >= 0.6 is 0 Å². The molecule has 2 N–H and O–H groups in total. The zero-order valence-electron chi connectivity index (χ0n) is 22.1. The zero-order chi connectivity index (χ0) is 24.6. The average molecular weight is 469 g/mol. The van der Waals surface area contributed by atoms with E-state index in [1.165, 1.54) is 103 Å². The lowest BCUT2D eigenvalue weighted by Gasteiger charge is -2.23. The van der Waals surface area contributed by atoms with E-state index in [9.17, 15) is 19.8 Å². The predicted molar refractivity (Wildman–Crippen MR) is 140 cm³/mol. The quantitative estimate of drug-likeness (QED) is 0.124. The van der Waals surface area contributed by atoms with Gasteiger partial charge in [0.25, 0.3) is 0 Å². The van der Waals surface area contributed by atoms with Crippen molar-refractivity contribution in [3.63, 3.8) is 0 Å². The van der Waals surface area contributed by atoms with Crippen LogP contribution in [0.25, 0.3) is 0 Å². The maximum atomic E-state index is 11.9. The molecular weight excluding hydrogens is 412 g/mol. The van der Waals surface area contributed by atoms with E-state index in [4.69, 9.17) is 0 Å². The molecule has 0 aromatic carbocycles. The van der Waals surface area contributed by atoms with Crippen molar-refractivity contribution in [1.29, 1.82) is 0 Å². The number of hydrogen-bond donors (Lipinski definition) is 2. The van der Waals surface area contributed by atoms with Crippen molar-refractivity contribution in [3.05, 3.63) is 0 Å². The topological polar surface area (TPSA) is 74.6 Å². The second-order valence-electron chi connectivity index (χ2n) is 10.2. The molecule has 0 rings (SSSR count). The summed E-state index contributed by atoms with van der Waals surface area (Å²) in [5.41, 5.74) is 0. The Hall–Kier alpha value is -1.06. The monoisotopic (exact) mass is 468 g/mol. The van der Waals surface area contributed by atoms with Crippen LogP contribution in [0, 0.1) is 11.8 Å². The van der Waals surface area contributed by atoms with Crippen molar-refractivity contribution in [2.45, 2.75) is 162 Å². The molecule has 0 aliphatic carbocycles. The summed E-state index contributed by atoms with van der Waals surface area (Å²) in [6.07, 6.45) is 26.0. The van der Waals surface area contributed by atoms with Gasteiger partial charge in [-0.05, 0) is 18.8 Å². The Morgan fingerprint density at radius 1 is 0.515 bits per heavy atom. The summed E-state index contributed by atoms with van der Waals surface area (Å²) in [6.45, 7) is 4.48. The van der Waals surface area contributed by atoms with E-state index in [1.54, 1.807) is 0 Å². The third-order valence-corrected chi connectivity index (χ3v) is 7.12. The first-order valence-electron chi connectivity index (χ1n) is 14.5. The van der Waals surface area contributed by atoms with Crippen LogP contribution in [-0.2, 0) is 9.59 Å². The van der Waals surface area contributed by atoms with Crippen LogP contribution in [-0.4, -0.2) is 22.2 Å². The average Bonchev–Trinajstić information content (AvgIpc) is 2.77. The Bertz CT molecular complexity index is 449. The zero-order valence-corrected chi connectivity index (χ0v) is 22.1. The van der Waals surface area contributed by atoms with E-state index in [1.807, 2.05) is 0 Å². The molecule has 0 saturated carbocycles. The lowest BCUT2D eigenvalue weighted by Crippen LogP contribution is -2.26. The highest BCUT2D eigenvalue weighted by molar-refractivity contribution is 5.72. The Morgan fingerprint density at radius 3 is 1.18 bits per heavy atom. The molecule has 0 aliphatic heterocycles. The largest absolute Gasteiger partial charge is 0.481 e. The van der Waals surface area contributed by atoms with Crippen LogP contribution in [0.3, 0.4) is 0 Å². The summed E-state index contributed by atoms with van der Waals surface area (Å²) < 4.78 is 0. The molecule has 2 atom stereocenters. The van der Waals surface area contributed by atoms with Crippen molar-refractivity contribution >= 4 is 11.9 Å². The van der Waals surface area contributed by atoms with Crippen molar-refractivity contribution in [3.8, 4) is 0 Å². The van der Waals surface area contributed by atoms with E-state index in [2.05, 4.69) is 13.8 Å². The Kier molecular flexibility index (Phi) is 23.3. The van der Waals surface area contributed by atoms with E-state index in [0.717, 1.165) is 32.1 Å². The molecule has 0 bridgehead atoms. The van der Waals surface area contributed by atoms with E-state index >= 15 is 0 Å². The normalized spacial score (nSPS) is 13.2. The van der Waals surface area contributed by atoms with Gasteiger partial charge in [0.05, 0.1) is 5.92 Å². The van der Waals surface area contributed by atoms with Crippen molar-refractivity contribution in [1.82, 2.24) is 0 Å². The summed E-state index contributed by atoms with van der Waals surface area (Å²) in [4.78, 5) is 23.3. The van der Waals surface area contributed by atoms with Gasteiger partial charge in [0, 0.05) is 6.42 Å². The predicted octanol–water partition coefficient (Wildman–Crippen LogP) is 9.40. The molecule has 4 heteroatoms. The SMILES string of the molecule is CCCCCCCCCCCCC(CC(=O)O)C(CCCCCCCCCCCC)C(=O)O. The molecule has 33 heavy (non-hydrogen) atoms. The molecule has 0 radical (unpaired) electrons. The minimum absolute atomic E-state index is 0.00778. The fourth-order valence-electron chi connectivity index (χ4n) is 4.98. The molecule has 0 fully saturated rings. The summed E-state index contributed by atoms with van der Waals surface area (Å²) >= 11 is 0. The first-order valence-corrected chi connectivity index (χ1v) is 14.5. The fourth-order valence-corrected chi connectivity index (χ4v) is 4.98. The highest BCUT2D eigenvalue weighted by Gasteiger charge is 2.29. The maximum absolute atomic E-state index is 11.9. The number of unbranched alkanes of at least 4 members (excludes halogenated alkanes) is 18. The summed E-state index contributed by atoms with van der Waals surface area (Å²) in [5.74, 6) is -2.40. The van der Waals surface area contributed by atoms with E-state index < -0.39 is 17.9 Å². The number of aliphatic carboxylic acids is 2. The second-order valence-corrected chi connectivity index (χ2v) is 10.2. The van der Waals surface area contributed by atoms with Gasteiger partial charge in [-0.15, -0.1) is 0 Å². The molecule has 0 heterocycles. The molecule has 0 saturated heterocycles. The van der Waals surface area contributed by atoms with Crippen LogP contribution in [0.5, 0.6) is 0 Å². The van der Waals surface area contributed by atoms with Crippen LogP contribution in [0.4, 0.5) is 0 Å². The van der Waals surface area contributed by atoms with Crippen LogP contribution in [0.1, 0.15) is 162 Å². The lowest BCUT2D eigenvalue weighted by atomic mass is 9.82. The van der Waals surface area contributed by atoms with Gasteiger partial charge in [0.2, 0.25) is 0 Å². The van der Waals surface area contributed by atoms with Gasteiger partial charge in [-0.1, -0.05) is 142 Å². The second kappa shape index (κ2) is 24.1. The fraction of sp³-hybridized carbons (Fsp3) is 0.931. The minimum Gasteiger partial charge on any atom is -0.481 e. The van der Waals surface area contributed by atoms with Gasteiger partial charge < -0.3 is 10.2 Å². The van der Waals surface area contributed by atoms with Gasteiger partial charge >= 0.3 is 11.9 Å². The van der Waals surface area contributed by atoms with Crippen molar-refractivity contribution in [2.24, 2.45) is 11.8 Å². The van der Waals surface area contributed by atoms with Gasteiger partial charge in [-0.3, -0.25) is 9.59 Å². The van der Waals surface area contributed by atoms with Gasteiger partial charge in [0.1, 0.15) is 0 Å². The smallest absolute Gasteiger partial charge is 0.306 e. The Balaban J connectivity index is 4.08. The molecule has 4 nitrogen and oxygen atoms in total. The molecule has 0 spiro atoms. The minimum atomic E-state index is -0.860. The number of carbonyl (C=O) groups is 2. The number of carboxylic acid groups (broad SMARTS) is 2. The molecule has 196 valence electrons. The summed E-state index contributed by atoms with van der Waals surface area (Å²) in [7, 11) is 0. The molecule has 0 aromatic heterocycles. The van der Waals surface area contributed by atoms with Gasteiger partial charge in [0.15, 0.2) is 0 Å². The molecular formula is C29H56O4. The lowest BCUT2D eigenvalue weighted by molar-refractivity contribution is -0.146. The molecule has 2 unspecified atom stereocenters.